The first-order chi connectivity index (χ1) is 9.58. The highest BCUT2D eigenvalue weighted by Gasteiger charge is 2.21. The standard InChI is InChI=1S/C14H18N2O4/c1-11-6-8-15(9-7-11)14(17)10-20-13-5-3-2-4-12(13)16(18)19/h2-5,11H,6-10H2,1H3. The second-order valence-corrected chi connectivity index (χ2v) is 5.08. The number of piperidine rings is 1. The Kier molecular flexibility index (Phi) is 4.55. The second-order valence-electron chi connectivity index (χ2n) is 5.08. The molecule has 20 heavy (non-hydrogen) atoms. The van der Waals surface area contributed by atoms with Crippen molar-refractivity contribution in [3.05, 3.63) is 34.4 Å². The van der Waals surface area contributed by atoms with Crippen molar-refractivity contribution >= 4 is 11.6 Å². The Labute approximate surface area is 117 Å². The molecule has 1 fully saturated rings. The molecule has 0 saturated carbocycles. The molecule has 6 heteroatoms. The van der Waals surface area contributed by atoms with E-state index in [0.29, 0.717) is 5.92 Å². The molecule has 0 unspecified atom stereocenters. The van der Waals surface area contributed by atoms with E-state index in [4.69, 9.17) is 4.74 Å². The summed E-state index contributed by atoms with van der Waals surface area (Å²) in [6.45, 7) is 3.49. The molecule has 0 radical (unpaired) electrons. The van der Waals surface area contributed by atoms with Crippen LogP contribution < -0.4 is 4.74 Å². The van der Waals surface area contributed by atoms with Gasteiger partial charge in [-0.1, -0.05) is 19.1 Å². The maximum atomic E-state index is 12.0. The number of nitrogens with zero attached hydrogens (tertiary/aromatic N) is 2. The topological polar surface area (TPSA) is 72.7 Å². The van der Waals surface area contributed by atoms with Crippen LogP contribution in [-0.4, -0.2) is 35.4 Å². The summed E-state index contributed by atoms with van der Waals surface area (Å²) in [4.78, 5) is 24.1. The molecule has 1 amide bonds. The Morgan fingerprint density at radius 2 is 2.05 bits per heavy atom. The Morgan fingerprint density at radius 3 is 2.70 bits per heavy atom. The molecule has 2 rings (SSSR count). The molecular formula is C14H18N2O4. The summed E-state index contributed by atoms with van der Waals surface area (Å²) in [6, 6.07) is 6.08. The van der Waals surface area contributed by atoms with Crippen LogP contribution in [0.3, 0.4) is 0 Å². The van der Waals surface area contributed by atoms with Crippen molar-refractivity contribution in [1.29, 1.82) is 0 Å². The maximum Gasteiger partial charge on any atom is 0.310 e. The quantitative estimate of drug-likeness (QED) is 0.625. The number of nitro benzene ring substituents is 1. The number of benzene rings is 1. The van der Waals surface area contributed by atoms with Crippen molar-refractivity contribution < 1.29 is 14.5 Å². The molecule has 1 aromatic carbocycles. The lowest BCUT2D eigenvalue weighted by atomic mass is 9.99. The first-order valence-corrected chi connectivity index (χ1v) is 6.72. The number of carbonyl (C=O) groups is 1. The molecule has 0 aliphatic carbocycles. The summed E-state index contributed by atoms with van der Waals surface area (Å²) in [5.41, 5.74) is -0.118. The number of likely N-dealkylation sites (tertiary alicyclic amines) is 1. The Morgan fingerprint density at radius 1 is 1.40 bits per heavy atom. The van der Waals surface area contributed by atoms with Gasteiger partial charge in [0.15, 0.2) is 12.4 Å². The smallest absolute Gasteiger partial charge is 0.310 e. The molecule has 1 aliphatic heterocycles. The minimum absolute atomic E-state index is 0.116. The average Bonchev–Trinajstić information content (AvgIpc) is 2.45. The van der Waals surface area contributed by atoms with Crippen LogP contribution in [0, 0.1) is 16.0 Å². The molecule has 0 aromatic heterocycles. The van der Waals surface area contributed by atoms with Gasteiger partial charge in [0.1, 0.15) is 0 Å². The number of ether oxygens (including phenoxy) is 1. The van der Waals surface area contributed by atoms with E-state index >= 15 is 0 Å². The van der Waals surface area contributed by atoms with Gasteiger partial charge in [-0.25, -0.2) is 0 Å². The Hall–Kier alpha value is -2.11. The van der Waals surface area contributed by atoms with Gasteiger partial charge in [0.05, 0.1) is 4.92 Å². The van der Waals surface area contributed by atoms with E-state index in [1.54, 1.807) is 17.0 Å². The zero-order valence-corrected chi connectivity index (χ0v) is 11.4. The average molecular weight is 278 g/mol. The Bertz CT molecular complexity index is 496. The first kappa shape index (κ1) is 14.3. The molecule has 0 atom stereocenters. The predicted molar refractivity (Wildman–Crippen MR) is 73.6 cm³/mol. The van der Waals surface area contributed by atoms with Gasteiger partial charge in [0.2, 0.25) is 0 Å². The van der Waals surface area contributed by atoms with E-state index in [9.17, 15) is 14.9 Å². The van der Waals surface area contributed by atoms with Gasteiger partial charge < -0.3 is 9.64 Å². The third-order valence-electron chi connectivity index (χ3n) is 3.55. The minimum Gasteiger partial charge on any atom is -0.477 e. The molecule has 0 spiro atoms. The van der Waals surface area contributed by atoms with Crippen molar-refractivity contribution in [3.63, 3.8) is 0 Å². The molecular weight excluding hydrogens is 260 g/mol. The van der Waals surface area contributed by atoms with Crippen molar-refractivity contribution in [2.24, 2.45) is 5.92 Å². The number of amides is 1. The highest BCUT2D eigenvalue weighted by atomic mass is 16.6. The second kappa shape index (κ2) is 6.36. The fourth-order valence-corrected chi connectivity index (χ4v) is 2.22. The summed E-state index contributed by atoms with van der Waals surface area (Å²) in [7, 11) is 0. The monoisotopic (exact) mass is 278 g/mol. The lowest BCUT2D eigenvalue weighted by Gasteiger charge is -2.30. The number of hydrogen-bond acceptors (Lipinski definition) is 4. The van der Waals surface area contributed by atoms with Crippen LogP contribution in [0.1, 0.15) is 19.8 Å². The van der Waals surface area contributed by atoms with Crippen LogP contribution in [0.5, 0.6) is 5.75 Å². The van der Waals surface area contributed by atoms with E-state index in [2.05, 4.69) is 6.92 Å². The molecule has 0 N–H and O–H groups in total. The maximum absolute atomic E-state index is 12.0. The van der Waals surface area contributed by atoms with E-state index in [-0.39, 0.29) is 24.0 Å². The van der Waals surface area contributed by atoms with Crippen LogP contribution >= 0.6 is 0 Å². The van der Waals surface area contributed by atoms with Gasteiger partial charge in [-0.3, -0.25) is 14.9 Å². The number of rotatable bonds is 4. The molecule has 1 heterocycles. The van der Waals surface area contributed by atoms with Crippen molar-refractivity contribution in [3.8, 4) is 5.75 Å². The normalized spacial score (nSPS) is 15.9. The van der Waals surface area contributed by atoms with Crippen LogP contribution in [0.15, 0.2) is 24.3 Å². The first-order valence-electron chi connectivity index (χ1n) is 6.72. The molecule has 0 bridgehead atoms. The largest absolute Gasteiger partial charge is 0.477 e. The highest BCUT2D eigenvalue weighted by Crippen LogP contribution is 2.26. The van der Waals surface area contributed by atoms with Crippen LogP contribution in [0.2, 0.25) is 0 Å². The third kappa shape index (κ3) is 3.46. The number of nitro groups is 1. The van der Waals surface area contributed by atoms with Crippen LogP contribution in [0.4, 0.5) is 5.69 Å². The summed E-state index contributed by atoms with van der Waals surface area (Å²) in [5.74, 6) is 0.668. The van der Waals surface area contributed by atoms with Gasteiger partial charge in [-0.2, -0.15) is 0 Å². The van der Waals surface area contributed by atoms with Crippen LogP contribution in [0.25, 0.3) is 0 Å². The van der Waals surface area contributed by atoms with Gasteiger partial charge in [0.25, 0.3) is 5.91 Å². The number of hydrogen-bond donors (Lipinski definition) is 0. The highest BCUT2D eigenvalue weighted by molar-refractivity contribution is 5.78. The molecule has 1 aromatic rings. The third-order valence-corrected chi connectivity index (χ3v) is 3.55. The zero-order chi connectivity index (χ0) is 14.5. The van der Waals surface area contributed by atoms with Crippen LogP contribution in [-0.2, 0) is 4.79 Å². The fraction of sp³-hybridized carbons (Fsp3) is 0.500. The fourth-order valence-electron chi connectivity index (χ4n) is 2.22. The number of carbonyl (C=O) groups excluding carboxylic acids is 1. The molecule has 1 saturated heterocycles. The summed E-state index contributed by atoms with van der Waals surface area (Å²) >= 11 is 0. The molecule has 1 aliphatic rings. The zero-order valence-electron chi connectivity index (χ0n) is 11.4. The predicted octanol–water partition coefficient (Wildman–Crippen LogP) is 2.23. The van der Waals surface area contributed by atoms with Crippen molar-refractivity contribution in [2.75, 3.05) is 19.7 Å². The molecule has 6 nitrogen and oxygen atoms in total. The van der Waals surface area contributed by atoms with Crippen molar-refractivity contribution in [1.82, 2.24) is 4.90 Å². The lowest BCUT2D eigenvalue weighted by molar-refractivity contribution is -0.385. The summed E-state index contributed by atoms with van der Waals surface area (Å²) < 4.78 is 5.31. The minimum atomic E-state index is -0.512. The van der Waals surface area contributed by atoms with E-state index in [1.807, 2.05) is 0 Å². The Balaban J connectivity index is 1.92. The van der Waals surface area contributed by atoms with Gasteiger partial charge in [0, 0.05) is 19.2 Å². The number of para-hydroxylation sites is 2. The lowest BCUT2D eigenvalue weighted by Crippen LogP contribution is -2.40. The van der Waals surface area contributed by atoms with Gasteiger partial charge >= 0.3 is 5.69 Å². The van der Waals surface area contributed by atoms with Crippen molar-refractivity contribution in [2.45, 2.75) is 19.8 Å². The molecule has 108 valence electrons. The summed E-state index contributed by atoms with van der Waals surface area (Å²) in [5, 5.41) is 10.8. The van der Waals surface area contributed by atoms with E-state index in [1.165, 1.54) is 12.1 Å². The van der Waals surface area contributed by atoms with Gasteiger partial charge in [-0.05, 0) is 24.8 Å². The van der Waals surface area contributed by atoms with Gasteiger partial charge in [-0.15, -0.1) is 0 Å². The van der Waals surface area contributed by atoms with E-state index < -0.39 is 4.92 Å². The van der Waals surface area contributed by atoms with E-state index in [0.717, 1.165) is 25.9 Å². The SMILES string of the molecule is CC1CCN(C(=O)COc2ccccc2[N+](=O)[O-])CC1. The summed E-state index contributed by atoms with van der Waals surface area (Å²) in [6.07, 6.45) is 1.99.